The van der Waals surface area contributed by atoms with Gasteiger partial charge in [-0.15, -0.1) is 0 Å². The molecule has 2 aromatic rings. The summed E-state index contributed by atoms with van der Waals surface area (Å²) in [5, 5.41) is 3.97. The Morgan fingerprint density at radius 2 is 1.90 bits per heavy atom. The van der Waals surface area contributed by atoms with E-state index in [2.05, 4.69) is 41.3 Å². The quantitative estimate of drug-likeness (QED) is 0.607. The Labute approximate surface area is 130 Å². The predicted octanol–water partition coefficient (Wildman–Crippen LogP) is 4.38. The SMILES string of the molecule is CCCNc1cc(Oc2ccc(CC)cc2)nc(SC)n1. The summed E-state index contributed by atoms with van der Waals surface area (Å²) in [5.74, 6) is 2.16. The van der Waals surface area contributed by atoms with Crippen molar-refractivity contribution in [3.05, 3.63) is 35.9 Å². The number of thioether (sulfide) groups is 1. The number of rotatable bonds is 7. The first-order chi connectivity index (χ1) is 10.2. The summed E-state index contributed by atoms with van der Waals surface area (Å²) in [6.07, 6.45) is 4.03. The first-order valence-corrected chi connectivity index (χ1v) is 8.41. The molecule has 0 aliphatic carbocycles. The molecule has 0 bridgehead atoms. The lowest BCUT2D eigenvalue weighted by Gasteiger charge is -2.09. The Bertz CT molecular complexity index is 572. The summed E-state index contributed by atoms with van der Waals surface area (Å²) in [7, 11) is 0. The van der Waals surface area contributed by atoms with Gasteiger partial charge in [0.2, 0.25) is 5.88 Å². The Hall–Kier alpha value is -1.75. The molecular weight excluding hydrogens is 282 g/mol. The Balaban J connectivity index is 2.16. The first-order valence-electron chi connectivity index (χ1n) is 7.19. The largest absolute Gasteiger partial charge is 0.439 e. The van der Waals surface area contributed by atoms with Gasteiger partial charge in [-0.1, -0.05) is 37.7 Å². The molecule has 4 nitrogen and oxygen atoms in total. The number of nitrogens with zero attached hydrogens (tertiary/aromatic N) is 2. The fourth-order valence-corrected chi connectivity index (χ4v) is 2.18. The van der Waals surface area contributed by atoms with Crippen molar-refractivity contribution in [1.29, 1.82) is 0 Å². The van der Waals surface area contributed by atoms with Crippen molar-refractivity contribution in [2.45, 2.75) is 31.8 Å². The van der Waals surface area contributed by atoms with Crippen molar-refractivity contribution in [1.82, 2.24) is 9.97 Å². The number of aryl methyl sites for hydroxylation is 1. The van der Waals surface area contributed by atoms with Crippen LogP contribution >= 0.6 is 11.8 Å². The smallest absolute Gasteiger partial charge is 0.225 e. The van der Waals surface area contributed by atoms with Gasteiger partial charge in [0.15, 0.2) is 5.16 Å². The van der Waals surface area contributed by atoms with Crippen molar-refractivity contribution in [2.24, 2.45) is 0 Å². The molecule has 0 aliphatic heterocycles. The molecule has 0 fully saturated rings. The monoisotopic (exact) mass is 303 g/mol. The molecule has 1 N–H and O–H groups in total. The maximum absolute atomic E-state index is 5.84. The number of aromatic nitrogens is 2. The zero-order chi connectivity index (χ0) is 15.1. The van der Waals surface area contributed by atoms with Crippen LogP contribution in [0.25, 0.3) is 0 Å². The summed E-state index contributed by atoms with van der Waals surface area (Å²) < 4.78 is 5.84. The van der Waals surface area contributed by atoms with Crippen molar-refractivity contribution < 1.29 is 4.74 Å². The van der Waals surface area contributed by atoms with Crippen molar-refractivity contribution >= 4 is 17.6 Å². The molecule has 0 saturated heterocycles. The molecule has 5 heteroatoms. The molecule has 1 aromatic heterocycles. The van der Waals surface area contributed by atoms with Gasteiger partial charge in [0.1, 0.15) is 11.6 Å². The molecule has 21 heavy (non-hydrogen) atoms. The number of anilines is 1. The van der Waals surface area contributed by atoms with Crippen molar-refractivity contribution in [3.63, 3.8) is 0 Å². The second-order valence-electron chi connectivity index (χ2n) is 4.60. The van der Waals surface area contributed by atoms with Crippen LogP contribution in [-0.2, 0) is 6.42 Å². The minimum atomic E-state index is 0.567. The van der Waals surface area contributed by atoms with Gasteiger partial charge >= 0.3 is 0 Å². The molecule has 1 heterocycles. The van der Waals surface area contributed by atoms with E-state index in [1.807, 2.05) is 24.5 Å². The fraction of sp³-hybridized carbons (Fsp3) is 0.375. The number of ether oxygens (including phenoxy) is 1. The molecule has 0 spiro atoms. The Kier molecular flexibility index (Phi) is 5.87. The second kappa shape index (κ2) is 7.88. The lowest BCUT2D eigenvalue weighted by molar-refractivity contribution is 0.456. The van der Waals surface area contributed by atoms with Crippen LogP contribution in [0.15, 0.2) is 35.5 Å². The molecule has 0 amide bonds. The number of hydrogen-bond donors (Lipinski definition) is 1. The Morgan fingerprint density at radius 1 is 1.14 bits per heavy atom. The van der Waals surface area contributed by atoms with Crippen LogP contribution in [0.5, 0.6) is 11.6 Å². The van der Waals surface area contributed by atoms with Crippen molar-refractivity contribution in [2.75, 3.05) is 18.1 Å². The van der Waals surface area contributed by atoms with Crippen molar-refractivity contribution in [3.8, 4) is 11.6 Å². The first kappa shape index (κ1) is 15.6. The zero-order valence-corrected chi connectivity index (χ0v) is 13.5. The lowest BCUT2D eigenvalue weighted by Crippen LogP contribution is -2.04. The van der Waals surface area contributed by atoms with Gasteiger partial charge in [0.25, 0.3) is 0 Å². The van der Waals surface area contributed by atoms with Crippen LogP contribution in [0, 0.1) is 0 Å². The molecule has 0 saturated carbocycles. The summed E-state index contributed by atoms with van der Waals surface area (Å²) in [4.78, 5) is 8.81. The average molecular weight is 303 g/mol. The van der Waals surface area contributed by atoms with E-state index in [-0.39, 0.29) is 0 Å². The van der Waals surface area contributed by atoms with Crippen LogP contribution in [0.3, 0.4) is 0 Å². The van der Waals surface area contributed by atoms with E-state index in [9.17, 15) is 0 Å². The third-order valence-corrected chi connectivity index (χ3v) is 3.52. The van der Waals surface area contributed by atoms with Crippen LogP contribution in [0.1, 0.15) is 25.8 Å². The predicted molar refractivity (Wildman–Crippen MR) is 88.5 cm³/mol. The van der Waals surface area contributed by atoms with E-state index in [4.69, 9.17) is 4.74 Å². The third kappa shape index (κ3) is 4.63. The maximum Gasteiger partial charge on any atom is 0.225 e. The highest BCUT2D eigenvalue weighted by Crippen LogP contribution is 2.24. The van der Waals surface area contributed by atoms with Crippen LogP contribution in [0.2, 0.25) is 0 Å². The fourth-order valence-electron chi connectivity index (χ4n) is 1.80. The molecule has 1 aromatic carbocycles. The highest BCUT2D eigenvalue weighted by molar-refractivity contribution is 7.98. The van der Waals surface area contributed by atoms with Gasteiger partial charge in [-0.25, -0.2) is 4.98 Å². The standard InChI is InChI=1S/C16H21N3OS/c1-4-10-17-14-11-15(19-16(18-14)21-3)20-13-8-6-12(5-2)7-9-13/h6-9,11H,4-5,10H2,1-3H3,(H,17,18,19). The normalized spacial score (nSPS) is 10.4. The van der Waals surface area contributed by atoms with Gasteiger partial charge in [0, 0.05) is 12.6 Å². The van der Waals surface area contributed by atoms with E-state index in [1.165, 1.54) is 17.3 Å². The van der Waals surface area contributed by atoms with Gasteiger partial charge in [-0.2, -0.15) is 4.98 Å². The topological polar surface area (TPSA) is 47.0 Å². The highest BCUT2D eigenvalue weighted by Gasteiger charge is 2.06. The Morgan fingerprint density at radius 3 is 2.52 bits per heavy atom. The molecule has 112 valence electrons. The summed E-state index contributed by atoms with van der Waals surface area (Å²) >= 11 is 1.50. The molecule has 0 radical (unpaired) electrons. The summed E-state index contributed by atoms with van der Waals surface area (Å²) in [6, 6.07) is 9.92. The van der Waals surface area contributed by atoms with Gasteiger partial charge in [0.05, 0.1) is 0 Å². The van der Waals surface area contributed by atoms with E-state index in [0.717, 1.165) is 31.0 Å². The van der Waals surface area contributed by atoms with E-state index < -0.39 is 0 Å². The zero-order valence-electron chi connectivity index (χ0n) is 12.7. The maximum atomic E-state index is 5.84. The van der Waals surface area contributed by atoms with Gasteiger partial charge < -0.3 is 10.1 Å². The highest BCUT2D eigenvalue weighted by atomic mass is 32.2. The lowest BCUT2D eigenvalue weighted by atomic mass is 10.2. The minimum absolute atomic E-state index is 0.567. The van der Waals surface area contributed by atoms with E-state index >= 15 is 0 Å². The molecule has 0 aliphatic rings. The number of benzene rings is 1. The van der Waals surface area contributed by atoms with E-state index in [0.29, 0.717) is 11.0 Å². The third-order valence-electron chi connectivity index (χ3n) is 2.97. The van der Waals surface area contributed by atoms with E-state index in [1.54, 1.807) is 0 Å². The summed E-state index contributed by atoms with van der Waals surface area (Å²) in [5.41, 5.74) is 1.29. The molecule has 0 atom stereocenters. The van der Waals surface area contributed by atoms with Crippen LogP contribution < -0.4 is 10.1 Å². The number of hydrogen-bond acceptors (Lipinski definition) is 5. The second-order valence-corrected chi connectivity index (χ2v) is 5.38. The minimum Gasteiger partial charge on any atom is -0.439 e. The van der Waals surface area contributed by atoms with Crippen LogP contribution in [0.4, 0.5) is 5.82 Å². The van der Waals surface area contributed by atoms with Gasteiger partial charge in [-0.3, -0.25) is 0 Å². The van der Waals surface area contributed by atoms with Crippen LogP contribution in [-0.4, -0.2) is 22.8 Å². The molecule has 0 unspecified atom stereocenters. The molecular formula is C16H21N3OS. The number of nitrogens with one attached hydrogen (secondary N) is 1. The summed E-state index contributed by atoms with van der Waals surface area (Å²) in [6.45, 7) is 5.14. The molecule has 2 rings (SSSR count). The van der Waals surface area contributed by atoms with Gasteiger partial charge in [-0.05, 0) is 36.8 Å². The average Bonchev–Trinajstić information content (AvgIpc) is 2.53.